The lowest BCUT2D eigenvalue weighted by molar-refractivity contribution is -0.148. The summed E-state index contributed by atoms with van der Waals surface area (Å²) in [6, 6.07) is 5.66. The van der Waals surface area contributed by atoms with E-state index in [1.165, 1.54) is 24.3 Å². The predicted octanol–water partition coefficient (Wildman–Crippen LogP) is 2.94. The Morgan fingerprint density at radius 2 is 2.00 bits per heavy atom. The van der Waals surface area contributed by atoms with Gasteiger partial charge in [-0.25, -0.2) is 0 Å². The van der Waals surface area contributed by atoms with Gasteiger partial charge in [0.1, 0.15) is 0 Å². The molecular formula is C9H9ClF3N. The molecule has 0 bridgehead atoms. The summed E-state index contributed by atoms with van der Waals surface area (Å²) in [7, 11) is 0. The highest BCUT2D eigenvalue weighted by Crippen LogP contribution is 2.34. The van der Waals surface area contributed by atoms with Gasteiger partial charge in [0.25, 0.3) is 0 Å². The lowest BCUT2D eigenvalue weighted by atomic mass is 9.99. The van der Waals surface area contributed by atoms with Crippen molar-refractivity contribution in [1.82, 2.24) is 0 Å². The fourth-order valence-electron chi connectivity index (χ4n) is 1.18. The SMILES string of the molecule is NC[C@@H](c1cccc(Cl)c1)C(F)(F)F. The molecule has 0 aliphatic heterocycles. The summed E-state index contributed by atoms with van der Waals surface area (Å²) in [5.41, 5.74) is 5.18. The number of hydrogen-bond acceptors (Lipinski definition) is 1. The van der Waals surface area contributed by atoms with Crippen LogP contribution in [-0.4, -0.2) is 12.7 Å². The summed E-state index contributed by atoms with van der Waals surface area (Å²) in [4.78, 5) is 0. The molecule has 1 rings (SSSR count). The molecule has 0 spiro atoms. The summed E-state index contributed by atoms with van der Waals surface area (Å²) in [6.45, 7) is -0.468. The van der Waals surface area contributed by atoms with Crippen LogP contribution in [0.15, 0.2) is 24.3 Å². The minimum absolute atomic E-state index is 0.104. The van der Waals surface area contributed by atoms with Crippen molar-refractivity contribution in [1.29, 1.82) is 0 Å². The van der Waals surface area contributed by atoms with Gasteiger partial charge in [0.2, 0.25) is 0 Å². The summed E-state index contributed by atoms with van der Waals surface area (Å²) in [5, 5.41) is 0.283. The van der Waals surface area contributed by atoms with Gasteiger partial charge in [0.05, 0.1) is 5.92 Å². The zero-order valence-corrected chi connectivity index (χ0v) is 7.94. The van der Waals surface area contributed by atoms with Crippen LogP contribution in [0, 0.1) is 0 Å². The highest BCUT2D eigenvalue weighted by atomic mass is 35.5. The van der Waals surface area contributed by atoms with Gasteiger partial charge in [-0.2, -0.15) is 13.2 Å². The average molecular weight is 224 g/mol. The van der Waals surface area contributed by atoms with Gasteiger partial charge in [-0.05, 0) is 17.7 Å². The molecule has 78 valence electrons. The number of rotatable bonds is 2. The van der Waals surface area contributed by atoms with Crippen molar-refractivity contribution in [3.63, 3.8) is 0 Å². The van der Waals surface area contributed by atoms with E-state index >= 15 is 0 Å². The van der Waals surface area contributed by atoms with Crippen molar-refractivity contribution < 1.29 is 13.2 Å². The van der Waals surface area contributed by atoms with Crippen LogP contribution in [-0.2, 0) is 0 Å². The smallest absolute Gasteiger partial charge is 0.330 e. The van der Waals surface area contributed by atoms with E-state index in [-0.39, 0.29) is 10.6 Å². The van der Waals surface area contributed by atoms with Crippen LogP contribution in [0.5, 0.6) is 0 Å². The van der Waals surface area contributed by atoms with Crippen molar-refractivity contribution in [2.75, 3.05) is 6.54 Å². The molecule has 0 unspecified atom stereocenters. The quantitative estimate of drug-likeness (QED) is 0.820. The summed E-state index contributed by atoms with van der Waals surface area (Å²) >= 11 is 5.59. The molecule has 2 N–H and O–H groups in total. The minimum Gasteiger partial charge on any atom is -0.330 e. The van der Waals surface area contributed by atoms with Crippen LogP contribution in [0.2, 0.25) is 5.02 Å². The van der Waals surface area contributed by atoms with Crippen molar-refractivity contribution in [2.24, 2.45) is 5.73 Å². The number of halogens is 4. The maximum absolute atomic E-state index is 12.4. The fourth-order valence-corrected chi connectivity index (χ4v) is 1.38. The normalized spacial score (nSPS) is 14.1. The zero-order valence-electron chi connectivity index (χ0n) is 7.18. The van der Waals surface area contributed by atoms with Crippen LogP contribution in [0.4, 0.5) is 13.2 Å². The molecule has 1 aromatic rings. The lowest BCUT2D eigenvalue weighted by Crippen LogP contribution is -2.27. The molecule has 0 aliphatic carbocycles. The first kappa shape index (κ1) is 11.3. The Morgan fingerprint density at radius 1 is 1.36 bits per heavy atom. The largest absolute Gasteiger partial charge is 0.396 e. The molecule has 1 atom stereocenters. The van der Waals surface area contributed by atoms with Crippen molar-refractivity contribution in [3.8, 4) is 0 Å². The second-order valence-corrected chi connectivity index (χ2v) is 3.32. The molecule has 14 heavy (non-hydrogen) atoms. The highest BCUT2D eigenvalue weighted by Gasteiger charge is 2.39. The second kappa shape index (κ2) is 4.19. The van der Waals surface area contributed by atoms with E-state index in [4.69, 9.17) is 17.3 Å². The third-order valence-corrected chi connectivity index (χ3v) is 2.12. The molecule has 5 heteroatoms. The first-order chi connectivity index (χ1) is 6.45. The number of alkyl halides is 3. The van der Waals surface area contributed by atoms with Gasteiger partial charge in [0, 0.05) is 11.6 Å². The van der Waals surface area contributed by atoms with Gasteiger partial charge < -0.3 is 5.73 Å². The predicted molar refractivity (Wildman–Crippen MR) is 49.3 cm³/mol. The van der Waals surface area contributed by atoms with Crippen molar-refractivity contribution >= 4 is 11.6 Å². The molecule has 0 fully saturated rings. The molecule has 0 aromatic heterocycles. The minimum atomic E-state index is -4.32. The topological polar surface area (TPSA) is 26.0 Å². The lowest BCUT2D eigenvalue weighted by Gasteiger charge is -2.18. The van der Waals surface area contributed by atoms with Gasteiger partial charge in [0.15, 0.2) is 0 Å². The Kier molecular flexibility index (Phi) is 3.39. The Morgan fingerprint density at radius 3 is 2.43 bits per heavy atom. The first-order valence-corrected chi connectivity index (χ1v) is 4.35. The van der Waals surface area contributed by atoms with E-state index in [0.717, 1.165) is 0 Å². The van der Waals surface area contributed by atoms with Crippen molar-refractivity contribution in [3.05, 3.63) is 34.9 Å². The van der Waals surface area contributed by atoms with Crippen LogP contribution in [0.25, 0.3) is 0 Å². The molecule has 0 radical (unpaired) electrons. The standard InChI is InChI=1S/C9H9ClF3N/c10-7-3-1-2-6(4-7)8(5-14)9(11,12)13/h1-4,8H,5,14H2/t8-/m0/s1. The van der Waals surface area contributed by atoms with E-state index in [1.54, 1.807) is 0 Å². The van der Waals surface area contributed by atoms with Gasteiger partial charge >= 0.3 is 6.18 Å². The number of nitrogens with two attached hydrogens (primary N) is 1. The maximum Gasteiger partial charge on any atom is 0.396 e. The molecule has 0 amide bonds. The second-order valence-electron chi connectivity index (χ2n) is 2.88. The van der Waals surface area contributed by atoms with E-state index < -0.39 is 18.6 Å². The molecule has 1 nitrogen and oxygen atoms in total. The van der Waals surface area contributed by atoms with E-state index in [1.807, 2.05) is 0 Å². The Labute approximate surface area is 84.7 Å². The van der Waals surface area contributed by atoms with Gasteiger partial charge in [-0.15, -0.1) is 0 Å². The summed E-state index contributed by atoms with van der Waals surface area (Å²) in [5.74, 6) is -1.64. The number of benzene rings is 1. The number of hydrogen-bond donors (Lipinski definition) is 1. The van der Waals surface area contributed by atoms with Crippen LogP contribution >= 0.6 is 11.6 Å². The maximum atomic E-state index is 12.4. The van der Waals surface area contributed by atoms with E-state index in [9.17, 15) is 13.2 Å². The zero-order chi connectivity index (χ0) is 10.8. The average Bonchev–Trinajstić information content (AvgIpc) is 2.02. The van der Waals surface area contributed by atoms with Crippen LogP contribution in [0.3, 0.4) is 0 Å². The summed E-state index contributed by atoms with van der Waals surface area (Å²) < 4.78 is 37.2. The fraction of sp³-hybridized carbons (Fsp3) is 0.333. The van der Waals surface area contributed by atoms with Crippen LogP contribution in [0.1, 0.15) is 11.5 Å². The van der Waals surface area contributed by atoms with Gasteiger partial charge in [-0.1, -0.05) is 23.7 Å². The third-order valence-electron chi connectivity index (χ3n) is 1.88. The Balaban J connectivity index is 3.01. The molecule has 0 heterocycles. The van der Waals surface area contributed by atoms with E-state index in [0.29, 0.717) is 0 Å². The molecule has 0 saturated heterocycles. The first-order valence-electron chi connectivity index (χ1n) is 3.97. The monoisotopic (exact) mass is 223 g/mol. The van der Waals surface area contributed by atoms with E-state index in [2.05, 4.69) is 0 Å². The molecule has 0 aliphatic rings. The molecular weight excluding hydrogens is 215 g/mol. The Hall–Kier alpha value is -0.740. The van der Waals surface area contributed by atoms with Crippen LogP contribution < -0.4 is 5.73 Å². The Bertz CT molecular complexity index is 311. The van der Waals surface area contributed by atoms with Crippen molar-refractivity contribution in [2.45, 2.75) is 12.1 Å². The summed E-state index contributed by atoms with van der Waals surface area (Å²) in [6.07, 6.45) is -4.32. The molecule has 1 aromatic carbocycles. The molecule has 0 saturated carbocycles. The third kappa shape index (κ3) is 2.62. The van der Waals surface area contributed by atoms with Gasteiger partial charge in [-0.3, -0.25) is 0 Å². The highest BCUT2D eigenvalue weighted by molar-refractivity contribution is 6.30.